The van der Waals surface area contributed by atoms with Gasteiger partial charge in [-0.3, -0.25) is 14.9 Å². The van der Waals surface area contributed by atoms with Crippen LogP contribution in [0.25, 0.3) is 6.08 Å². The molecule has 0 unspecified atom stereocenters. The molecular formula is C23H13ClF3N3O4. The van der Waals surface area contributed by atoms with E-state index in [0.29, 0.717) is 28.4 Å². The fraction of sp³-hybridized carbons (Fsp3) is 0.0435. The molecular weight excluding hydrogens is 475 g/mol. The SMILES string of the molecule is N#C/C(=C/c1ccc(Oc2ccc(C(F)(F)F)cc2[N+](=O)[O-])cc1)C(=O)Nc1ccc(Cl)cc1. The van der Waals surface area contributed by atoms with Crippen LogP contribution >= 0.6 is 11.6 Å². The number of carbonyl (C=O) groups is 1. The molecule has 0 atom stereocenters. The van der Waals surface area contributed by atoms with Gasteiger partial charge >= 0.3 is 11.9 Å². The van der Waals surface area contributed by atoms with Crippen molar-refractivity contribution in [1.29, 1.82) is 5.26 Å². The van der Waals surface area contributed by atoms with Crippen LogP contribution in [0, 0.1) is 21.4 Å². The molecule has 11 heteroatoms. The maximum absolute atomic E-state index is 12.8. The molecule has 0 aliphatic heterocycles. The molecule has 3 rings (SSSR count). The lowest BCUT2D eigenvalue weighted by Gasteiger charge is -2.10. The molecule has 1 N–H and O–H groups in total. The Morgan fingerprint density at radius 3 is 2.29 bits per heavy atom. The van der Waals surface area contributed by atoms with Gasteiger partial charge < -0.3 is 10.1 Å². The molecule has 0 aliphatic carbocycles. The van der Waals surface area contributed by atoms with Crippen LogP contribution in [0.4, 0.5) is 24.5 Å². The van der Waals surface area contributed by atoms with Gasteiger partial charge in [0.1, 0.15) is 17.4 Å². The summed E-state index contributed by atoms with van der Waals surface area (Å²) in [7, 11) is 0. The quantitative estimate of drug-likeness (QED) is 0.182. The van der Waals surface area contributed by atoms with Gasteiger partial charge in [0.2, 0.25) is 5.75 Å². The van der Waals surface area contributed by atoms with E-state index in [-0.39, 0.29) is 17.1 Å². The van der Waals surface area contributed by atoms with Gasteiger partial charge in [-0.2, -0.15) is 18.4 Å². The Labute approximate surface area is 195 Å². The van der Waals surface area contributed by atoms with Crippen LogP contribution in [0.5, 0.6) is 11.5 Å². The molecule has 0 saturated heterocycles. The van der Waals surface area contributed by atoms with Gasteiger partial charge in [-0.1, -0.05) is 23.7 Å². The summed E-state index contributed by atoms with van der Waals surface area (Å²) < 4.78 is 43.9. The van der Waals surface area contributed by atoms with E-state index in [1.807, 2.05) is 0 Å². The Hall–Kier alpha value is -4.36. The van der Waals surface area contributed by atoms with Gasteiger partial charge in [-0.15, -0.1) is 0 Å². The van der Waals surface area contributed by atoms with Gasteiger partial charge in [-0.25, -0.2) is 0 Å². The van der Waals surface area contributed by atoms with Crippen molar-refractivity contribution in [3.8, 4) is 17.6 Å². The number of hydrogen-bond acceptors (Lipinski definition) is 5. The molecule has 0 aromatic heterocycles. The first-order valence-corrected chi connectivity index (χ1v) is 9.77. The van der Waals surface area contributed by atoms with Crippen LogP contribution in [0.1, 0.15) is 11.1 Å². The Bertz CT molecular complexity index is 1300. The molecule has 172 valence electrons. The summed E-state index contributed by atoms with van der Waals surface area (Å²) in [5, 5.41) is 23.6. The highest BCUT2D eigenvalue weighted by Crippen LogP contribution is 2.37. The standard InChI is InChI=1S/C23H13ClF3N3O4/c24-17-4-6-18(7-5-17)29-22(31)15(13-28)11-14-1-8-19(9-2-14)34-21-10-3-16(23(25,26)27)12-20(21)30(32)33/h1-12H,(H,29,31)/b15-11-. The van der Waals surface area contributed by atoms with E-state index in [2.05, 4.69) is 5.32 Å². The second-order valence-electron chi connectivity index (χ2n) is 6.74. The topological polar surface area (TPSA) is 105 Å². The zero-order valence-corrected chi connectivity index (χ0v) is 17.7. The van der Waals surface area contributed by atoms with E-state index in [1.165, 1.54) is 30.3 Å². The molecule has 3 aromatic rings. The summed E-state index contributed by atoms with van der Waals surface area (Å²) in [6.45, 7) is 0. The van der Waals surface area contributed by atoms with Crippen molar-refractivity contribution in [2.45, 2.75) is 6.18 Å². The Kier molecular flexibility index (Phi) is 7.18. The van der Waals surface area contributed by atoms with E-state index in [4.69, 9.17) is 16.3 Å². The predicted octanol–water partition coefficient (Wildman–Crippen LogP) is 6.60. The fourth-order valence-corrected chi connectivity index (χ4v) is 2.85. The summed E-state index contributed by atoms with van der Waals surface area (Å²) in [5.74, 6) is -0.920. The van der Waals surface area contributed by atoms with Crippen LogP contribution in [-0.2, 0) is 11.0 Å². The number of benzene rings is 3. The number of nitriles is 1. The van der Waals surface area contributed by atoms with Crippen molar-refractivity contribution in [3.05, 3.63) is 98.6 Å². The number of nitrogens with one attached hydrogen (secondary N) is 1. The predicted molar refractivity (Wildman–Crippen MR) is 118 cm³/mol. The first kappa shape index (κ1) is 24.3. The number of amides is 1. The van der Waals surface area contributed by atoms with E-state index in [9.17, 15) is 33.3 Å². The lowest BCUT2D eigenvalue weighted by atomic mass is 10.1. The third kappa shape index (κ3) is 6.11. The number of nitro groups is 1. The van der Waals surface area contributed by atoms with Crippen molar-refractivity contribution in [1.82, 2.24) is 0 Å². The number of halogens is 4. The van der Waals surface area contributed by atoms with Crippen LogP contribution in [0.15, 0.2) is 72.3 Å². The molecule has 0 heterocycles. The zero-order chi connectivity index (χ0) is 24.9. The summed E-state index contributed by atoms with van der Waals surface area (Å²) in [6, 6.07) is 15.7. The van der Waals surface area contributed by atoms with E-state index in [1.54, 1.807) is 30.3 Å². The van der Waals surface area contributed by atoms with Gasteiger partial charge in [0, 0.05) is 16.8 Å². The number of hydrogen-bond donors (Lipinski definition) is 1. The average Bonchev–Trinajstić information content (AvgIpc) is 2.79. The summed E-state index contributed by atoms with van der Waals surface area (Å²) >= 11 is 5.79. The van der Waals surface area contributed by atoms with Crippen molar-refractivity contribution < 1.29 is 27.6 Å². The highest BCUT2D eigenvalue weighted by Gasteiger charge is 2.33. The second-order valence-corrected chi connectivity index (χ2v) is 7.18. The first-order valence-electron chi connectivity index (χ1n) is 9.39. The number of carbonyl (C=O) groups excluding carboxylic acids is 1. The van der Waals surface area contributed by atoms with Crippen molar-refractivity contribution in [2.75, 3.05) is 5.32 Å². The lowest BCUT2D eigenvalue weighted by Crippen LogP contribution is -2.13. The molecule has 1 amide bonds. The minimum Gasteiger partial charge on any atom is -0.450 e. The number of anilines is 1. The molecule has 0 fully saturated rings. The maximum atomic E-state index is 12.8. The van der Waals surface area contributed by atoms with Crippen LogP contribution in [-0.4, -0.2) is 10.8 Å². The molecule has 34 heavy (non-hydrogen) atoms. The molecule has 3 aromatic carbocycles. The zero-order valence-electron chi connectivity index (χ0n) is 17.0. The summed E-state index contributed by atoms with van der Waals surface area (Å²) in [6.07, 6.45) is -3.43. The number of ether oxygens (including phenoxy) is 1. The third-order valence-electron chi connectivity index (χ3n) is 4.37. The highest BCUT2D eigenvalue weighted by molar-refractivity contribution is 6.30. The second kappa shape index (κ2) is 10.1. The van der Waals surface area contributed by atoms with Crippen molar-refractivity contribution in [2.24, 2.45) is 0 Å². The van der Waals surface area contributed by atoms with E-state index in [0.717, 1.165) is 6.07 Å². The Balaban J connectivity index is 1.77. The number of nitrogens with zero attached hydrogens (tertiary/aromatic N) is 2. The maximum Gasteiger partial charge on any atom is 0.416 e. The van der Waals surface area contributed by atoms with Crippen LogP contribution in [0.3, 0.4) is 0 Å². The number of alkyl halides is 3. The number of rotatable bonds is 6. The lowest BCUT2D eigenvalue weighted by molar-refractivity contribution is -0.385. The summed E-state index contributed by atoms with van der Waals surface area (Å²) in [4.78, 5) is 22.6. The Morgan fingerprint density at radius 2 is 1.74 bits per heavy atom. The van der Waals surface area contributed by atoms with Gasteiger partial charge in [-0.05, 0) is 60.2 Å². The fourth-order valence-electron chi connectivity index (χ4n) is 2.73. The Morgan fingerprint density at radius 1 is 1.09 bits per heavy atom. The molecule has 0 bridgehead atoms. The molecule has 0 spiro atoms. The third-order valence-corrected chi connectivity index (χ3v) is 4.62. The summed E-state index contributed by atoms with van der Waals surface area (Å²) in [5.41, 5.74) is -1.33. The largest absolute Gasteiger partial charge is 0.450 e. The van der Waals surface area contributed by atoms with E-state index < -0.39 is 28.3 Å². The van der Waals surface area contributed by atoms with Crippen molar-refractivity contribution in [3.63, 3.8) is 0 Å². The minimum atomic E-state index is -4.74. The highest BCUT2D eigenvalue weighted by atomic mass is 35.5. The molecule has 0 radical (unpaired) electrons. The molecule has 0 saturated carbocycles. The smallest absolute Gasteiger partial charge is 0.416 e. The van der Waals surface area contributed by atoms with Crippen molar-refractivity contribution >= 4 is 35.0 Å². The van der Waals surface area contributed by atoms with E-state index >= 15 is 0 Å². The number of nitro benzene ring substituents is 1. The van der Waals surface area contributed by atoms with Gasteiger partial charge in [0.25, 0.3) is 5.91 Å². The monoisotopic (exact) mass is 487 g/mol. The van der Waals surface area contributed by atoms with Gasteiger partial charge in [0.15, 0.2) is 0 Å². The molecule has 7 nitrogen and oxygen atoms in total. The average molecular weight is 488 g/mol. The first-order chi connectivity index (χ1) is 16.1. The minimum absolute atomic E-state index is 0.101. The normalized spacial score (nSPS) is 11.4. The van der Waals surface area contributed by atoms with Gasteiger partial charge in [0.05, 0.1) is 10.5 Å². The van der Waals surface area contributed by atoms with Crippen LogP contribution in [0.2, 0.25) is 5.02 Å². The molecule has 0 aliphatic rings. The van der Waals surface area contributed by atoms with Crippen LogP contribution < -0.4 is 10.1 Å².